The third kappa shape index (κ3) is 3.01. The fraction of sp³-hybridized carbons (Fsp3) is 0.125. The van der Waals surface area contributed by atoms with Crippen LogP contribution in [0.15, 0.2) is 48.5 Å². The van der Waals surface area contributed by atoms with Gasteiger partial charge in [-0.3, -0.25) is 4.79 Å². The van der Waals surface area contributed by atoms with E-state index in [1.54, 1.807) is 18.2 Å². The number of halogens is 1. The minimum atomic E-state index is -0.803. The molecule has 0 saturated heterocycles. The first-order chi connectivity index (χ1) is 9.61. The molecule has 1 N–H and O–H groups in total. The molecule has 0 radical (unpaired) electrons. The average molecular weight is 268 g/mol. The second-order valence-corrected chi connectivity index (χ2v) is 4.43. The summed E-state index contributed by atoms with van der Waals surface area (Å²) in [7, 11) is 0. The van der Waals surface area contributed by atoms with Crippen LogP contribution in [-0.2, 0) is 0 Å². The summed E-state index contributed by atoms with van der Waals surface area (Å²) in [6.45, 7) is 1.93. The first-order valence-electron chi connectivity index (χ1n) is 6.13. The number of nitrogens with one attached hydrogen (secondary N) is 1. The van der Waals surface area contributed by atoms with Crippen LogP contribution in [-0.4, -0.2) is 5.91 Å². The van der Waals surface area contributed by atoms with Gasteiger partial charge in [0.2, 0.25) is 0 Å². The van der Waals surface area contributed by atoms with E-state index in [9.17, 15) is 9.18 Å². The van der Waals surface area contributed by atoms with E-state index in [2.05, 4.69) is 5.32 Å². The van der Waals surface area contributed by atoms with Gasteiger partial charge in [-0.25, -0.2) is 4.39 Å². The maximum Gasteiger partial charge on any atom is 0.255 e. The molecule has 0 heterocycles. The predicted octanol–water partition coefficient (Wildman–Crippen LogP) is 3.13. The van der Waals surface area contributed by atoms with Gasteiger partial charge in [-0.15, -0.1) is 0 Å². The molecule has 0 saturated carbocycles. The van der Waals surface area contributed by atoms with Crippen molar-refractivity contribution in [3.05, 3.63) is 71.0 Å². The summed E-state index contributed by atoms with van der Waals surface area (Å²) < 4.78 is 13.5. The SMILES string of the molecule is Cc1ccc(C(C#N)NC(=O)c2ccccc2F)cc1. The van der Waals surface area contributed by atoms with Crippen LogP contribution < -0.4 is 5.32 Å². The van der Waals surface area contributed by atoms with Crippen LogP contribution >= 0.6 is 0 Å². The summed E-state index contributed by atoms with van der Waals surface area (Å²) in [5, 5.41) is 11.7. The molecule has 0 spiro atoms. The van der Waals surface area contributed by atoms with Crippen LogP contribution in [0.25, 0.3) is 0 Å². The highest BCUT2D eigenvalue weighted by Crippen LogP contribution is 2.15. The molecule has 0 aliphatic heterocycles. The van der Waals surface area contributed by atoms with E-state index >= 15 is 0 Å². The summed E-state index contributed by atoms with van der Waals surface area (Å²) >= 11 is 0. The van der Waals surface area contributed by atoms with Gasteiger partial charge in [0.25, 0.3) is 5.91 Å². The highest BCUT2D eigenvalue weighted by molar-refractivity contribution is 5.94. The van der Waals surface area contributed by atoms with Crippen molar-refractivity contribution >= 4 is 5.91 Å². The Hall–Kier alpha value is -2.67. The molecule has 0 aliphatic rings. The zero-order chi connectivity index (χ0) is 14.5. The predicted molar refractivity (Wildman–Crippen MR) is 73.4 cm³/mol. The lowest BCUT2D eigenvalue weighted by molar-refractivity contribution is 0.0941. The topological polar surface area (TPSA) is 52.9 Å². The first-order valence-corrected chi connectivity index (χ1v) is 6.13. The number of carbonyl (C=O) groups excluding carboxylic acids is 1. The molecule has 2 rings (SSSR count). The summed E-state index contributed by atoms with van der Waals surface area (Å²) in [4.78, 5) is 12.0. The second kappa shape index (κ2) is 5.98. The van der Waals surface area contributed by atoms with Crippen LogP contribution in [0.2, 0.25) is 0 Å². The fourth-order valence-electron chi connectivity index (χ4n) is 1.80. The summed E-state index contributed by atoms with van der Waals surface area (Å²) in [5.41, 5.74) is 1.66. The molecule has 100 valence electrons. The van der Waals surface area contributed by atoms with Gasteiger partial charge in [0.1, 0.15) is 11.9 Å². The fourth-order valence-corrected chi connectivity index (χ4v) is 1.80. The van der Waals surface area contributed by atoms with Gasteiger partial charge >= 0.3 is 0 Å². The van der Waals surface area contributed by atoms with Crippen molar-refractivity contribution in [2.45, 2.75) is 13.0 Å². The van der Waals surface area contributed by atoms with Crippen molar-refractivity contribution in [3.63, 3.8) is 0 Å². The van der Waals surface area contributed by atoms with Gasteiger partial charge in [0.05, 0.1) is 11.6 Å². The zero-order valence-electron chi connectivity index (χ0n) is 10.9. The molecule has 20 heavy (non-hydrogen) atoms. The molecule has 1 unspecified atom stereocenters. The van der Waals surface area contributed by atoms with E-state index in [1.807, 2.05) is 25.1 Å². The van der Waals surface area contributed by atoms with Gasteiger partial charge in [0.15, 0.2) is 0 Å². The molecule has 2 aromatic carbocycles. The van der Waals surface area contributed by atoms with E-state index < -0.39 is 17.8 Å². The number of hydrogen-bond acceptors (Lipinski definition) is 2. The van der Waals surface area contributed by atoms with Crippen molar-refractivity contribution < 1.29 is 9.18 Å². The van der Waals surface area contributed by atoms with Crippen molar-refractivity contribution in [1.82, 2.24) is 5.32 Å². The highest BCUT2D eigenvalue weighted by atomic mass is 19.1. The third-order valence-electron chi connectivity index (χ3n) is 2.93. The smallest absolute Gasteiger partial charge is 0.255 e. The van der Waals surface area contributed by atoms with Crippen LogP contribution in [0.4, 0.5) is 4.39 Å². The number of carbonyl (C=O) groups is 1. The van der Waals surface area contributed by atoms with Crippen LogP contribution in [0.3, 0.4) is 0 Å². The van der Waals surface area contributed by atoms with Crippen LogP contribution in [0.5, 0.6) is 0 Å². The Labute approximate surface area is 116 Å². The lowest BCUT2D eigenvalue weighted by atomic mass is 10.1. The molecule has 4 heteroatoms. The van der Waals surface area contributed by atoms with E-state index in [0.717, 1.165) is 5.56 Å². The summed E-state index contributed by atoms with van der Waals surface area (Å²) in [6, 6.07) is 14.1. The Morgan fingerprint density at radius 2 is 1.85 bits per heavy atom. The summed E-state index contributed by atoms with van der Waals surface area (Å²) in [5.74, 6) is -1.21. The number of aryl methyl sites for hydroxylation is 1. The Balaban J connectivity index is 2.19. The van der Waals surface area contributed by atoms with Crippen molar-refractivity contribution in [3.8, 4) is 6.07 Å². The number of hydrogen-bond donors (Lipinski definition) is 1. The van der Waals surface area contributed by atoms with E-state index in [4.69, 9.17) is 5.26 Å². The maximum absolute atomic E-state index is 13.5. The molecule has 0 aromatic heterocycles. The Morgan fingerprint density at radius 1 is 1.20 bits per heavy atom. The van der Waals surface area contributed by atoms with Crippen molar-refractivity contribution in [2.75, 3.05) is 0 Å². The number of amides is 1. The minimum Gasteiger partial charge on any atom is -0.332 e. The largest absolute Gasteiger partial charge is 0.332 e. The first kappa shape index (κ1) is 13.8. The zero-order valence-corrected chi connectivity index (χ0v) is 10.9. The van der Waals surface area contributed by atoms with Gasteiger partial charge in [-0.2, -0.15) is 5.26 Å². The standard InChI is InChI=1S/C16H13FN2O/c1-11-6-8-12(9-7-11)15(10-18)19-16(20)13-4-2-3-5-14(13)17/h2-9,15H,1H3,(H,19,20). The highest BCUT2D eigenvalue weighted by Gasteiger charge is 2.17. The van der Waals surface area contributed by atoms with Crippen molar-refractivity contribution in [2.24, 2.45) is 0 Å². The monoisotopic (exact) mass is 268 g/mol. The summed E-state index contributed by atoms with van der Waals surface area (Å²) in [6.07, 6.45) is 0. The quantitative estimate of drug-likeness (QED) is 0.929. The molecule has 0 fully saturated rings. The number of rotatable bonds is 3. The molecule has 1 atom stereocenters. The Morgan fingerprint density at radius 3 is 2.45 bits per heavy atom. The maximum atomic E-state index is 13.5. The molecule has 3 nitrogen and oxygen atoms in total. The Kier molecular flexibility index (Phi) is 4.11. The van der Waals surface area contributed by atoms with Gasteiger partial charge in [-0.1, -0.05) is 42.0 Å². The van der Waals surface area contributed by atoms with Gasteiger partial charge < -0.3 is 5.32 Å². The van der Waals surface area contributed by atoms with Gasteiger partial charge in [0, 0.05) is 0 Å². The number of benzene rings is 2. The molecule has 2 aromatic rings. The lowest BCUT2D eigenvalue weighted by Crippen LogP contribution is -2.28. The molecular formula is C16H13FN2O. The second-order valence-electron chi connectivity index (χ2n) is 4.43. The minimum absolute atomic E-state index is 0.0696. The Bertz CT molecular complexity index is 659. The van der Waals surface area contributed by atoms with Crippen LogP contribution in [0.1, 0.15) is 27.5 Å². The molecule has 0 aliphatic carbocycles. The third-order valence-corrected chi connectivity index (χ3v) is 2.93. The van der Waals surface area contributed by atoms with Crippen LogP contribution in [0, 0.1) is 24.1 Å². The van der Waals surface area contributed by atoms with E-state index in [-0.39, 0.29) is 5.56 Å². The van der Waals surface area contributed by atoms with Gasteiger partial charge in [-0.05, 0) is 24.6 Å². The molecular weight excluding hydrogens is 255 g/mol. The number of nitrogens with zero attached hydrogens (tertiary/aromatic N) is 1. The lowest BCUT2D eigenvalue weighted by Gasteiger charge is -2.12. The molecule has 0 bridgehead atoms. The van der Waals surface area contributed by atoms with E-state index in [1.165, 1.54) is 18.2 Å². The number of nitriles is 1. The van der Waals surface area contributed by atoms with Crippen molar-refractivity contribution in [1.29, 1.82) is 5.26 Å². The van der Waals surface area contributed by atoms with E-state index in [0.29, 0.717) is 5.56 Å². The normalized spacial score (nSPS) is 11.4. The molecule has 1 amide bonds. The average Bonchev–Trinajstić information content (AvgIpc) is 2.46.